The summed E-state index contributed by atoms with van der Waals surface area (Å²) in [5.41, 5.74) is 2.39. The van der Waals surface area contributed by atoms with Gasteiger partial charge in [0.15, 0.2) is 0 Å². The van der Waals surface area contributed by atoms with Crippen LogP contribution in [0.5, 0.6) is 0 Å². The average molecular weight is 607 g/mol. The molecule has 0 radical (unpaired) electrons. The van der Waals surface area contributed by atoms with E-state index in [1.165, 1.54) is 0 Å². The molecular weight excluding hydrogens is 581 g/mol. The third-order valence-electron chi connectivity index (χ3n) is 5.52. The molecule has 3 rings (SSSR count). The van der Waals surface area contributed by atoms with Gasteiger partial charge in [-0.05, 0) is 56.5 Å². The van der Waals surface area contributed by atoms with Crippen molar-refractivity contribution < 1.29 is 27.7 Å². The van der Waals surface area contributed by atoms with Crippen molar-refractivity contribution in [3.05, 3.63) is 56.7 Å². The van der Waals surface area contributed by atoms with Gasteiger partial charge in [-0.25, -0.2) is 0 Å². The molecule has 0 unspecified atom stereocenters. The van der Waals surface area contributed by atoms with Gasteiger partial charge in [0.05, 0.1) is 32.1 Å². The molecule has 9 nitrogen and oxygen atoms in total. The highest BCUT2D eigenvalue weighted by Crippen LogP contribution is 2.45. The third kappa shape index (κ3) is 7.27. The number of unbranched alkanes of at least 4 members (excludes halogenated alkanes) is 1. The highest BCUT2D eigenvalue weighted by molar-refractivity contribution is 8.26. The van der Waals surface area contributed by atoms with Crippen LogP contribution in [0, 0.1) is 0 Å². The first-order valence-corrected chi connectivity index (χ1v) is 14.8. The van der Waals surface area contributed by atoms with Gasteiger partial charge in [0.25, 0.3) is 16.0 Å². The molecule has 2 aliphatic heterocycles. The maximum Gasteiger partial charge on any atom is 0.323 e. The Kier molecular flexibility index (Phi) is 9.70. The first-order chi connectivity index (χ1) is 17.3. The molecule has 2 heterocycles. The van der Waals surface area contributed by atoms with Gasteiger partial charge >= 0.3 is 5.97 Å². The number of benzene rings is 1. The highest BCUT2D eigenvalue weighted by Gasteiger charge is 2.33. The van der Waals surface area contributed by atoms with Crippen LogP contribution in [0.15, 0.2) is 46.7 Å². The molecule has 37 heavy (non-hydrogen) atoms. The second kappa shape index (κ2) is 12.2. The Labute approximate surface area is 235 Å². The quantitative estimate of drug-likeness (QED) is 0.164. The van der Waals surface area contributed by atoms with Crippen molar-refractivity contribution in [2.45, 2.75) is 26.7 Å². The molecular formula is C23H25Cl2N3O6S3. The smallest absolute Gasteiger partial charge is 0.323 e. The number of nitrogens with zero attached hydrogens (tertiary/aromatic N) is 3. The zero-order valence-electron chi connectivity index (χ0n) is 20.0. The number of halogens is 2. The number of thiocarbonyl (C=S) groups is 1. The van der Waals surface area contributed by atoms with Gasteiger partial charge in [-0.3, -0.25) is 19.0 Å². The number of amides is 1. The summed E-state index contributed by atoms with van der Waals surface area (Å²) in [5.74, 6) is -1.13. The SMILES string of the molecule is CCN1\C(=C/C=C(C)/C=C2/SC(=S)N(CC(=O)O)C2=O)N(CCCCS(=O)(=O)O)c2cc(Cl)c(Cl)cc21. The molecule has 1 saturated heterocycles. The number of aliphatic carboxylic acids is 1. The number of carboxylic acids is 1. The second-order valence-corrected chi connectivity index (χ2v) is 12.3. The minimum Gasteiger partial charge on any atom is -0.480 e. The van der Waals surface area contributed by atoms with Crippen molar-refractivity contribution in [1.82, 2.24) is 4.90 Å². The number of carboxylic acid groups (broad SMARTS) is 1. The summed E-state index contributed by atoms with van der Waals surface area (Å²) in [7, 11) is -4.05. The molecule has 1 aromatic rings. The summed E-state index contributed by atoms with van der Waals surface area (Å²) in [4.78, 5) is 29.0. The standard InChI is InChI=1S/C23H25Cl2N3O6S3/c1-3-26-17-11-15(24)16(25)12-18(17)27(8-4-5-9-37(32,33)34)20(26)7-6-14(2)10-19-22(31)28(13-21(29)30)23(35)36-19/h6-7,10-12H,3-5,8-9,13H2,1-2H3,(H,29,30)(H,32,33,34)/b14-6+,19-10+,20-7+. The number of carbonyl (C=O) groups is 2. The first-order valence-electron chi connectivity index (χ1n) is 11.2. The van der Waals surface area contributed by atoms with Crippen molar-refractivity contribution in [2.24, 2.45) is 0 Å². The molecule has 0 aliphatic carbocycles. The first kappa shape index (κ1) is 29.5. The van der Waals surface area contributed by atoms with E-state index in [1.54, 1.807) is 18.2 Å². The summed E-state index contributed by atoms with van der Waals surface area (Å²) in [6.07, 6.45) is 6.11. The Morgan fingerprint density at radius 3 is 2.32 bits per heavy atom. The maximum absolute atomic E-state index is 12.6. The van der Waals surface area contributed by atoms with E-state index in [4.69, 9.17) is 45.1 Å². The van der Waals surface area contributed by atoms with Gasteiger partial charge in [0.1, 0.15) is 16.7 Å². The molecule has 0 bridgehead atoms. The highest BCUT2D eigenvalue weighted by atomic mass is 35.5. The predicted molar refractivity (Wildman–Crippen MR) is 152 cm³/mol. The normalized spacial score (nSPS) is 18.5. The molecule has 200 valence electrons. The van der Waals surface area contributed by atoms with Crippen LogP contribution in [0.3, 0.4) is 0 Å². The summed E-state index contributed by atoms with van der Waals surface area (Å²) in [5, 5.41) is 9.80. The molecule has 0 saturated carbocycles. The van der Waals surface area contributed by atoms with Crippen molar-refractivity contribution in [2.75, 3.05) is 35.2 Å². The lowest BCUT2D eigenvalue weighted by molar-refractivity contribution is -0.140. The van der Waals surface area contributed by atoms with E-state index < -0.39 is 28.5 Å². The van der Waals surface area contributed by atoms with Gasteiger partial charge < -0.3 is 14.9 Å². The molecule has 0 atom stereocenters. The monoisotopic (exact) mass is 605 g/mol. The topological polar surface area (TPSA) is 118 Å². The lowest BCUT2D eigenvalue weighted by Gasteiger charge is -2.24. The number of carbonyl (C=O) groups excluding carboxylic acids is 1. The number of hydrogen-bond acceptors (Lipinski definition) is 8. The lowest BCUT2D eigenvalue weighted by Crippen LogP contribution is -2.33. The molecule has 1 fully saturated rings. The van der Waals surface area contributed by atoms with Gasteiger partial charge in [0.2, 0.25) is 0 Å². The van der Waals surface area contributed by atoms with Crippen LogP contribution >= 0.6 is 47.2 Å². The second-order valence-electron chi connectivity index (χ2n) is 8.24. The number of fused-ring (bicyclic) bond motifs is 1. The van der Waals surface area contributed by atoms with Crippen LogP contribution in [0.25, 0.3) is 0 Å². The number of rotatable bonds is 10. The zero-order valence-corrected chi connectivity index (χ0v) is 23.9. The van der Waals surface area contributed by atoms with Gasteiger partial charge in [0, 0.05) is 13.1 Å². The molecule has 0 aromatic heterocycles. The van der Waals surface area contributed by atoms with E-state index in [2.05, 4.69) is 0 Å². The van der Waals surface area contributed by atoms with Crippen LogP contribution in [0.2, 0.25) is 10.0 Å². The third-order valence-corrected chi connectivity index (χ3v) is 8.43. The Morgan fingerprint density at radius 1 is 1.14 bits per heavy atom. The molecule has 2 N–H and O–H groups in total. The fraction of sp³-hybridized carbons (Fsp3) is 0.348. The van der Waals surface area contributed by atoms with Crippen LogP contribution < -0.4 is 9.80 Å². The Morgan fingerprint density at radius 2 is 1.76 bits per heavy atom. The van der Waals surface area contributed by atoms with Crippen LogP contribution in [-0.2, 0) is 19.7 Å². The number of hydrogen-bond donors (Lipinski definition) is 2. The molecule has 1 aromatic carbocycles. The molecule has 2 aliphatic rings. The largest absolute Gasteiger partial charge is 0.480 e. The van der Waals surface area contributed by atoms with Crippen molar-refractivity contribution in [3.63, 3.8) is 0 Å². The van der Waals surface area contributed by atoms with E-state index in [-0.39, 0.29) is 16.5 Å². The minimum atomic E-state index is -4.05. The van der Waals surface area contributed by atoms with E-state index in [0.29, 0.717) is 34.5 Å². The zero-order chi connectivity index (χ0) is 27.5. The van der Waals surface area contributed by atoms with Crippen molar-refractivity contribution in [1.29, 1.82) is 0 Å². The molecule has 1 amide bonds. The Balaban J connectivity index is 1.91. The number of anilines is 2. The van der Waals surface area contributed by atoms with E-state index >= 15 is 0 Å². The fourth-order valence-electron chi connectivity index (χ4n) is 3.88. The fourth-order valence-corrected chi connectivity index (χ4v) is 6.07. The van der Waals surface area contributed by atoms with Gasteiger partial charge in [-0.15, -0.1) is 0 Å². The van der Waals surface area contributed by atoms with Crippen LogP contribution in [0.4, 0.5) is 11.4 Å². The van der Waals surface area contributed by atoms with E-state index in [9.17, 15) is 18.0 Å². The van der Waals surface area contributed by atoms with Crippen molar-refractivity contribution in [3.8, 4) is 0 Å². The number of thioether (sulfide) groups is 1. The van der Waals surface area contributed by atoms with Gasteiger partial charge in [-0.1, -0.05) is 53.3 Å². The van der Waals surface area contributed by atoms with Gasteiger partial charge in [-0.2, -0.15) is 8.42 Å². The van der Waals surface area contributed by atoms with Crippen molar-refractivity contribution >= 4 is 84.9 Å². The summed E-state index contributed by atoms with van der Waals surface area (Å²) >= 11 is 18.8. The average Bonchev–Trinajstić information content (AvgIpc) is 3.22. The Hall–Kier alpha value is -2.09. The minimum absolute atomic E-state index is 0.193. The van der Waals surface area contributed by atoms with Crippen LogP contribution in [0.1, 0.15) is 26.7 Å². The summed E-state index contributed by atoms with van der Waals surface area (Å²) < 4.78 is 31.5. The Bertz CT molecular complexity index is 1330. The van der Waals surface area contributed by atoms with E-state index in [1.807, 2.05) is 35.8 Å². The maximum atomic E-state index is 12.6. The summed E-state index contributed by atoms with van der Waals surface area (Å²) in [6.45, 7) is 4.37. The van der Waals surface area contributed by atoms with Crippen LogP contribution in [-0.4, -0.2) is 64.6 Å². The van der Waals surface area contributed by atoms with E-state index in [0.717, 1.165) is 39.4 Å². The number of allylic oxidation sites excluding steroid dienone is 4. The summed E-state index contributed by atoms with van der Waals surface area (Å²) in [6, 6.07) is 3.54. The molecule has 14 heteroatoms. The lowest BCUT2D eigenvalue weighted by atomic mass is 10.2. The molecule has 0 spiro atoms. The predicted octanol–water partition coefficient (Wildman–Crippen LogP) is 4.92.